The molecule has 1 fully saturated rings. The van der Waals surface area contributed by atoms with Crippen LogP contribution in [0.25, 0.3) is 22.5 Å². The summed E-state index contributed by atoms with van der Waals surface area (Å²) in [5.41, 5.74) is 2.86. The number of benzene rings is 1. The molecule has 1 unspecified atom stereocenters. The average Bonchev–Trinajstić information content (AvgIpc) is 3.35. The number of ether oxygens (including phenoxy) is 1. The molecule has 0 spiro atoms. The molecule has 0 aliphatic carbocycles. The first-order valence-electron chi connectivity index (χ1n) is 9.59. The van der Waals surface area contributed by atoms with Gasteiger partial charge < -0.3 is 14.6 Å². The molecule has 3 aromatic rings. The van der Waals surface area contributed by atoms with E-state index >= 15 is 0 Å². The number of aromatic nitrogens is 3. The fraction of sp³-hybridized carbons (Fsp3) is 0.333. The van der Waals surface area contributed by atoms with Crippen molar-refractivity contribution in [1.82, 2.24) is 15.0 Å². The predicted molar refractivity (Wildman–Crippen MR) is 102 cm³/mol. The van der Waals surface area contributed by atoms with Gasteiger partial charge >= 0.3 is 0 Å². The van der Waals surface area contributed by atoms with Gasteiger partial charge in [-0.25, -0.2) is 23.1 Å². The molecule has 5 rings (SSSR count). The molecule has 0 bridgehead atoms. The van der Waals surface area contributed by atoms with Gasteiger partial charge in [0.2, 0.25) is 0 Å². The van der Waals surface area contributed by atoms with E-state index < -0.39 is 17.8 Å². The van der Waals surface area contributed by atoms with E-state index in [0.29, 0.717) is 55.4 Å². The molecular weight excluding hydrogens is 381 g/mol. The van der Waals surface area contributed by atoms with Crippen molar-refractivity contribution in [3.8, 4) is 22.5 Å². The number of aromatic amines is 1. The monoisotopic (exact) mass is 400 g/mol. The minimum Gasteiger partial charge on any atom is -0.375 e. The smallest absolute Gasteiger partial charge is 0.142 e. The minimum absolute atomic E-state index is 0.116. The van der Waals surface area contributed by atoms with Gasteiger partial charge in [0.1, 0.15) is 29.4 Å². The van der Waals surface area contributed by atoms with E-state index in [2.05, 4.69) is 9.97 Å². The first-order chi connectivity index (χ1) is 14.1. The number of imidazole rings is 1. The number of anilines is 1. The van der Waals surface area contributed by atoms with E-state index in [9.17, 15) is 13.2 Å². The van der Waals surface area contributed by atoms with Crippen molar-refractivity contribution in [3.05, 3.63) is 53.5 Å². The van der Waals surface area contributed by atoms with Crippen LogP contribution >= 0.6 is 0 Å². The number of nitrogens with zero attached hydrogens (tertiary/aromatic N) is 3. The topological polar surface area (TPSA) is 54.0 Å². The largest absolute Gasteiger partial charge is 0.375 e. The van der Waals surface area contributed by atoms with E-state index in [1.54, 1.807) is 6.07 Å². The third kappa shape index (κ3) is 3.27. The summed E-state index contributed by atoms with van der Waals surface area (Å²) in [6.45, 7) is 1.70. The van der Waals surface area contributed by atoms with E-state index in [1.165, 1.54) is 6.20 Å². The Kier molecular flexibility index (Phi) is 4.50. The van der Waals surface area contributed by atoms with E-state index in [0.717, 1.165) is 29.6 Å². The fourth-order valence-electron chi connectivity index (χ4n) is 4.00. The molecule has 2 aliphatic heterocycles. The highest BCUT2D eigenvalue weighted by Gasteiger charge is 2.29. The predicted octanol–water partition coefficient (Wildman–Crippen LogP) is 4.04. The highest BCUT2D eigenvalue weighted by molar-refractivity contribution is 5.88. The van der Waals surface area contributed by atoms with Crippen molar-refractivity contribution in [3.63, 3.8) is 0 Å². The molecule has 29 heavy (non-hydrogen) atoms. The number of hydrogen-bond acceptors (Lipinski definition) is 4. The first-order valence-corrected chi connectivity index (χ1v) is 9.59. The van der Waals surface area contributed by atoms with Crippen molar-refractivity contribution < 1.29 is 17.9 Å². The Morgan fingerprint density at radius 1 is 1.17 bits per heavy atom. The summed E-state index contributed by atoms with van der Waals surface area (Å²) in [5.74, 6) is -0.0695. The van der Waals surface area contributed by atoms with Gasteiger partial charge in [-0.2, -0.15) is 0 Å². The van der Waals surface area contributed by atoms with Crippen LogP contribution in [0.5, 0.6) is 0 Å². The van der Waals surface area contributed by atoms with Gasteiger partial charge in [-0.15, -0.1) is 0 Å². The summed E-state index contributed by atoms with van der Waals surface area (Å²) in [7, 11) is 0. The number of H-pyrrole nitrogens is 1. The van der Waals surface area contributed by atoms with Crippen molar-refractivity contribution in [2.75, 3.05) is 24.6 Å². The first kappa shape index (κ1) is 18.2. The molecule has 2 aromatic heterocycles. The second-order valence-corrected chi connectivity index (χ2v) is 7.33. The molecule has 0 radical (unpaired) electrons. The Labute approximate surface area is 165 Å². The molecule has 2 aliphatic rings. The van der Waals surface area contributed by atoms with E-state index in [4.69, 9.17) is 9.72 Å². The highest BCUT2D eigenvalue weighted by Crippen LogP contribution is 2.40. The number of alkyl halides is 1. The SMILES string of the molecule is Fc1ccc(F)c(-c2ccnc(N3CCC(F)C3)c2-c2nc3c([nH]2)COCC3)c1. The number of pyridine rings is 1. The maximum atomic E-state index is 14.6. The molecule has 4 heterocycles. The molecule has 8 heteroatoms. The van der Waals surface area contributed by atoms with Crippen LogP contribution in [0.1, 0.15) is 17.8 Å². The number of hydrogen-bond donors (Lipinski definition) is 1. The van der Waals surface area contributed by atoms with Gasteiger partial charge in [0.05, 0.1) is 36.7 Å². The zero-order chi connectivity index (χ0) is 20.0. The van der Waals surface area contributed by atoms with Gasteiger partial charge in [0.15, 0.2) is 0 Å². The highest BCUT2D eigenvalue weighted by atomic mass is 19.1. The molecule has 1 saturated heterocycles. The maximum absolute atomic E-state index is 14.6. The third-order valence-corrected chi connectivity index (χ3v) is 5.41. The molecule has 5 nitrogen and oxygen atoms in total. The molecule has 0 amide bonds. The zero-order valence-corrected chi connectivity index (χ0v) is 15.6. The number of halogens is 3. The lowest BCUT2D eigenvalue weighted by Crippen LogP contribution is -2.22. The van der Waals surface area contributed by atoms with Crippen LogP contribution in [0.2, 0.25) is 0 Å². The average molecular weight is 400 g/mol. The normalized spacial score (nSPS) is 18.9. The second-order valence-electron chi connectivity index (χ2n) is 7.33. The Balaban J connectivity index is 1.73. The molecule has 150 valence electrons. The minimum atomic E-state index is -0.947. The van der Waals surface area contributed by atoms with E-state index in [-0.39, 0.29) is 12.1 Å². The van der Waals surface area contributed by atoms with Gasteiger partial charge in [0.25, 0.3) is 0 Å². The van der Waals surface area contributed by atoms with Crippen LogP contribution in [0.4, 0.5) is 19.0 Å². The van der Waals surface area contributed by atoms with Crippen molar-refractivity contribution in [1.29, 1.82) is 0 Å². The lowest BCUT2D eigenvalue weighted by atomic mass is 9.99. The lowest BCUT2D eigenvalue weighted by molar-refractivity contribution is 0.107. The van der Waals surface area contributed by atoms with Crippen LogP contribution in [0.3, 0.4) is 0 Å². The summed E-state index contributed by atoms with van der Waals surface area (Å²) in [5, 5.41) is 0. The summed E-state index contributed by atoms with van der Waals surface area (Å²) in [4.78, 5) is 14.3. The van der Waals surface area contributed by atoms with Gasteiger partial charge in [-0.1, -0.05) is 0 Å². The summed E-state index contributed by atoms with van der Waals surface area (Å²) in [6.07, 6.45) is 1.66. The Bertz CT molecular complexity index is 1040. The Morgan fingerprint density at radius 3 is 2.86 bits per heavy atom. The Hall–Kier alpha value is -2.87. The van der Waals surface area contributed by atoms with Crippen molar-refractivity contribution in [2.24, 2.45) is 0 Å². The van der Waals surface area contributed by atoms with Crippen LogP contribution in [0, 0.1) is 11.6 Å². The van der Waals surface area contributed by atoms with Gasteiger partial charge in [-0.3, -0.25) is 0 Å². The van der Waals surface area contributed by atoms with Crippen LogP contribution < -0.4 is 4.90 Å². The number of nitrogens with one attached hydrogen (secondary N) is 1. The van der Waals surface area contributed by atoms with Crippen LogP contribution in [-0.2, 0) is 17.8 Å². The van der Waals surface area contributed by atoms with Crippen molar-refractivity contribution in [2.45, 2.75) is 25.6 Å². The molecule has 1 aromatic carbocycles. The molecule has 1 atom stereocenters. The standard InChI is InChI=1S/C21H19F3N4O/c22-12-1-2-16(24)15(9-12)14-3-6-25-21(28-7-4-13(23)10-28)19(14)20-26-17-5-8-29-11-18(17)27-20/h1-3,6,9,13H,4-5,7-8,10-11H2,(H,26,27). The number of rotatable bonds is 3. The van der Waals surface area contributed by atoms with Crippen molar-refractivity contribution >= 4 is 5.82 Å². The summed E-state index contributed by atoms with van der Waals surface area (Å²) >= 11 is 0. The molecule has 1 N–H and O–H groups in total. The van der Waals surface area contributed by atoms with E-state index in [1.807, 2.05) is 4.90 Å². The summed E-state index contributed by atoms with van der Waals surface area (Å²) in [6, 6.07) is 4.98. The fourth-order valence-corrected chi connectivity index (χ4v) is 4.00. The van der Waals surface area contributed by atoms with Gasteiger partial charge in [-0.05, 0) is 30.7 Å². The Morgan fingerprint density at radius 2 is 2.07 bits per heavy atom. The quantitative estimate of drug-likeness (QED) is 0.721. The van der Waals surface area contributed by atoms with Crippen LogP contribution in [-0.4, -0.2) is 40.8 Å². The summed E-state index contributed by atoms with van der Waals surface area (Å²) < 4.78 is 47.9. The third-order valence-electron chi connectivity index (χ3n) is 5.41. The molecule has 0 saturated carbocycles. The zero-order valence-electron chi connectivity index (χ0n) is 15.6. The van der Waals surface area contributed by atoms with Gasteiger partial charge in [0, 0.05) is 30.3 Å². The maximum Gasteiger partial charge on any atom is 0.142 e. The molecular formula is C21H19F3N4O. The lowest BCUT2D eigenvalue weighted by Gasteiger charge is -2.21. The number of fused-ring (bicyclic) bond motifs is 1. The second kappa shape index (κ2) is 7.18. The van der Waals surface area contributed by atoms with Crippen LogP contribution in [0.15, 0.2) is 30.5 Å².